The molecule has 0 amide bonds. The Balaban J connectivity index is 1.95. The number of ether oxygens (including phenoxy) is 1. The molecule has 1 saturated carbocycles. The Morgan fingerprint density at radius 2 is 1.59 bits per heavy atom. The van der Waals surface area contributed by atoms with E-state index in [9.17, 15) is 8.42 Å². The number of hydrogen-bond donors (Lipinski definition) is 0. The number of benzene rings is 1. The van der Waals surface area contributed by atoms with Crippen molar-refractivity contribution >= 4 is 10.0 Å². The zero-order valence-corrected chi connectivity index (χ0v) is 14.4. The molecule has 0 N–H and O–H groups in total. The van der Waals surface area contributed by atoms with Gasteiger partial charge in [-0.3, -0.25) is 0 Å². The third-order valence-corrected chi connectivity index (χ3v) is 7.19. The smallest absolute Gasteiger partial charge is 0.246 e. The Labute approximate surface area is 133 Å². The maximum absolute atomic E-state index is 13.1. The van der Waals surface area contributed by atoms with E-state index in [1.54, 1.807) is 10.4 Å². The van der Waals surface area contributed by atoms with Crippen molar-refractivity contribution in [3.63, 3.8) is 0 Å². The second-order valence-electron chi connectivity index (χ2n) is 6.71. The van der Waals surface area contributed by atoms with Gasteiger partial charge in [-0.05, 0) is 61.8 Å². The zero-order valence-electron chi connectivity index (χ0n) is 13.6. The molecular formula is C17H25NO3S. The van der Waals surface area contributed by atoms with Crippen LogP contribution in [0.3, 0.4) is 0 Å². The molecule has 5 heteroatoms. The summed E-state index contributed by atoms with van der Waals surface area (Å²) in [4.78, 5) is 0.316. The van der Waals surface area contributed by atoms with E-state index in [-0.39, 0.29) is 0 Å². The van der Waals surface area contributed by atoms with E-state index in [2.05, 4.69) is 0 Å². The van der Waals surface area contributed by atoms with Gasteiger partial charge in [-0.25, -0.2) is 8.42 Å². The van der Waals surface area contributed by atoms with Crippen molar-refractivity contribution in [3.05, 3.63) is 23.3 Å². The molecule has 1 aromatic carbocycles. The first kappa shape index (κ1) is 15.8. The predicted octanol–water partition coefficient (Wildman–Crippen LogP) is 3.12. The highest BCUT2D eigenvalue weighted by Crippen LogP contribution is 2.39. The lowest BCUT2D eigenvalue weighted by atomic mass is 9.82. The number of aryl methyl sites for hydroxylation is 2. The van der Waals surface area contributed by atoms with Gasteiger partial charge in [0.2, 0.25) is 10.0 Å². The Hall–Kier alpha value is -1.07. The molecule has 2 unspecified atom stereocenters. The van der Waals surface area contributed by atoms with Crippen LogP contribution in [-0.2, 0) is 10.0 Å². The van der Waals surface area contributed by atoms with E-state index in [0.29, 0.717) is 35.6 Å². The molecule has 0 spiro atoms. The van der Waals surface area contributed by atoms with Gasteiger partial charge in [-0.2, -0.15) is 4.31 Å². The normalized spacial score (nSPS) is 26.0. The lowest BCUT2D eigenvalue weighted by Crippen LogP contribution is -2.29. The van der Waals surface area contributed by atoms with Gasteiger partial charge >= 0.3 is 0 Å². The fourth-order valence-electron chi connectivity index (χ4n) is 3.82. The van der Waals surface area contributed by atoms with Gasteiger partial charge in [0.25, 0.3) is 0 Å². The number of sulfonamides is 1. The summed E-state index contributed by atoms with van der Waals surface area (Å²) >= 11 is 0. The van der Waals surface area contributed by atoms with Crippen LogP contribution in [0, 0.1) is 25.7 Å². The van der Waals surface area contributed by atoms with Crippen molar-refractivity contribution < 1.29 is 13.2 Å². The van der Waals surface area contributed by atoms with E-state index in [4.69, 9.17) is 4.74 Å². The van der Waals surface area contributed by atoms with E-state index in [1.165, 1.54) is 32.8 Å². The van der Waals surface area contributed by atoms with E-state index < -0.39 is 10.0 Å². The SMILES string of the molecule is COc1cc(C)c(C)cc1S(=O)(=O)N1CC2CCCCC2C1. The first-order valence-electron chi connectivity index (χ1n) is 8.09. The molecule has 1 heterocycles. The molecule has 22 heavy (non-hydrogen) atoms. The van der Waals surface area contributed by atoms with Crippen LogP contribution < -0.4 is 4.74 Å². The summed E-state index contributed by atoms with van der Waals surface area (Å²) in [7, 11) is -1.94. The minimum absolute atomic E-state index is 0.316. The second-order valence-corrected chi connectivity index (χ2v) is 8.62. The summed E-state index contributed by atoms with van der Waals surface area (Å²) in [5, 5.41) is 0. The summed E-state index contributed by atoms with van der Waals surface area (Å²) in [5.41, 5.74) is 2.03. The summed E-state index contributed by atoms with van der Waals surface area (Å²) in [6.07, 6.45) is 4.81. The van der Waals surface area contributed by atoms with Gasteiger partial charge in [0, 0.05) is 13.1 Å². The van der Waals surface area contributed by atoms with Gasteiger partial charge < -0.3 is 4.74 Å². The molecule has 122 valence electrons. The Kier molecular flexibility index (Phi) is 4.21. The highest BCUT2D eigenvalue weighted by molar-refractivity contribution is 7.89. The molecule has 1 aliphatic carbocycles. The quantitative estimate of drug-likeness (QED) is 0.858. The van der Waals surface area contributed by atoms with Gasteiger partial charge in [0.05, 0.1) is 7.11 Å². The van der Waals surface area contributed by atoms with Crippen LogP contribution in [0.25, 0.3) is 0 Å². The molecule has 0 radical (unpaired) electrons. The number of rotatable bonds is 3. The molecule has 2 fully saturated rings. The first-order chi connectivity index (χ1) is 10.4. The molecule has 2 atom stereocenters. The molecule has 2 aliphatic rings. The summed E-state index contributed by atoms with van der Waals surface area (Å²) in [5.74, 6) is 1.54. The Morgan fingerprint density at radius 3 is 2.14 bits per heavy atom. The van der Waals surface area contributed by atoms with Gasteiger partial charge in [0.1, 0.15) is 10.6 Å². The molecule has 1 saturated heterocycles. The molecule has 3 rings (SSSR count). The third-order valence-electron chi connectivity index (χ3n) is 5.34. The fourth-order valence-corrected chi connectivity index (χ4v) is 5.60. The van der Waals surface area contributed by atoms with E-state index >= 15 is 0 Å². The highest BCUT2D eigenvalue weighted by atomic mass is 32.2. The van der Waals surface area contributed by atoms with Crippen molar-refractivity contribution in [3.8, 4) is 5.75 Å². The summed E-state index contributed by atoms with van der Waals surface area (Å²) < 4.78 is 33.2. The maximum atomic E-state index is 13.1. The predicted molar refractivity (Wildman–Crippen MR) is 86.7 cm³/mol. The fraction of sp³-hybridized carbons (Fsp3) is 0.647. The largest absolute Gasteiger partial charge is 0.495 e. The number of nitrogens with zero attached hydrogens (tertiary/aromatic N) is 1. The van der Waals surface area contributed by atoms with E-state index in [1.807, 2.05) is 19.9 Å². The molecule has 4 nitrogen and oxygen atoms in total. The third kappa shape index (κ3) is 2.65. The van der Waals surface area contributed by atoms with Gasteiger partial charge in [-0.15, -0.1) is 0 Å². The number of hydrogen-bond acceptors (Lipinski definition) is 3. The Bertz CT molecular complexity index is 655. The van der Waals surface area contributed by atoms with Crippen LogP contribution in [0.2, 0.25) is 0 Å². The average molecular weight is 323 g/mol. The van der Waals surface area contributed by atoms with Crippen LogP contribution in [0.1, 0.15) is 36.8 Å². The van der Waals surface area contributed by atoms with Crippen molar-refractivity contribution in [2.45, 2.75) is 44.4 Å². The van der Waals surface area contributed by atoms with Crippen LogP contribution in [0.15, 0.2) is 17.0 Å². The van der Waals surface area contributed by atoms with Gasteiger partial charge in [0.15, 0.2) is 0 Å². The van der Waals surface area contributed by atoms with Crippen LogP contribution in [0.4, 0.5) is 0 Å². The standard InChI is InChI=1S/C17H25NO3S/c1-12-8-16(21-3)17(9-13(12)2)22(19,20)18-10-14-6-4-5-7-15(14)11-18/h8-9,14-15H,4-7,10-11H2,1-3H3. The van der Waals surface area contributed by atoms with Crippen LogP contribution in [-0.4, -0.2) is 32.9 Å². The Morgan fingerprint density at radius 1 is 1.05 bits per heavy atom. The van der Waals surface area contributed by atoms with E-state index in [0.717, 1.165) is 11.1 Å². The molecule has 0 aromatic heterocycles. The lowest BCUT2D eigenvalue weighted by molar-refractivity contribution is 0.299. The van der Waals surface area contributed by atoms with Crippen molar-refractivity contribution in [1.82, 2.24) is 4.31 Å². The molecule has 1 aromatic rings. The minimum Gasteiger partial charge on any atom is -0.495 e. The number of methoxy groups -OCH3 is 1. The van der Waals surface area contributed by atoms with Crippen molar-refractivity contribution in [2.75, 3.05) is 20.2 Å². The van der Waals surface area contributed by atoms with Crippen LogP contribution >= 0.6 is 0 Å². The second kappa shape index (κ2) is 5.85. The minimum atomic E-state index is -3.47. The lowest BCUT2D eigenvalue weighted by Gasteiger charge is -2.22. The summed E-state index contributed by atoms with van der Waals surface area (Å²) in [6, 6.07) is 3.58. The van der Waals surface area contributed by atoms with Crippen molar-refractivity contribution in [1.29, 1.82) is 0 Å². The first-order valence-corrected chi connectivity index (χ1v) is 9.53. The highest BCUT2D eigenvalue weighted by Gasteiger charge is 2.41. The molecular weight excluding hydrogens is 298 g/mol. The topological polar surface area (TPSA) is 46.6 Å². The van der Waals surface area contributed by atoms with Crippen molar-refractivity contribution in [2.24, 2.45) is 11.8 Å². The zero-order chi connectivity index (χ0) is 15.9. The maximum Gasteiger partial charge on any atom is 0.246 e. The van der Waals surface area contributed by atoms with Crippen LogP contribution in [0.5, 0.6) is 5.75 Å². The van der Waals surface area contributed by atoms with Gasteiger partial charge in [-0.1, -0.05) is 12.8 Å². The number of fused-ring (bicyclic) bond motifs is 1. The molecule has 0 bridgehead atoms. The molecule has 1 aliphatic heterocycles. The monoisotopic (exact) mass is 323 g/mol. The summed E-state index contributed by atoms with van der Waals surface area (Å²) in [6.45, 7) is 5.25. The average Bonchev–Trinajstić information content (AvgIpc) is 2.94.